The molecule has 26 heavy (non-hydrogen) atoms. The third kappa shape index (κ3) is 4.41. The number of benzene rings is 1. The molecule has 0 spiro atoms. The molecule has 0 atom stereocenters. The van der Waals surface area contributed by atoms with E-state index in [0.717, 1.165) is 5.56 Å². The molecule has 6 nitrogen and oxygen atoms in total. The zero-order chi connectivity index (χ0) is 18.5. The Morgan fingerprint density at radius 3 is 2.73 bits per heavy atom. The van der Waals surface area contributed by atoms with E-state index < -0.39 is 5.97 Å². The molecule has 0 aliphatic carbocycles. The van der Waals surface area contributed by atoms with Crippen molar-refractivity contribution in [1.82, 2.24) is 9.88 Å². The highest BCUT2D eigenvalue weighted by atomic mass is 35.5. The molecular weight excluding hydrogens is 376 g/mol. The Hall–Kier alpha value is -1.96. The number of thiazole rings is 1. The summed E-state index contributed by atoms with van der Waals surface area (Å²) in [5.41, 5.74) is 1.10. The molecule has 1 aromatic heterocycles. The number of hydrogen-bond acceptors (Lipinski definition) is 5. The van der Waals surface area contributed by atoms with E-state index in [2.05, 4.69) is 4.98 Å². The van der Waals surface area contributed by atoms with Gasteiger partial charge >= 0.3 is 5.97 Å². The molecule has 1 amide bonds. The van der Waals surface area contributed by atoms with Crippen LogP contribution in [0.5, 0.6) is 0 Å². The van der Waals surface area contributed by atoms with Crippen molar-refractivity contribution in [1.29, 1.82) is 0 Å². The predicted molar refractivity (Wildman–Crippen MR) is 99.7 cm³/mol. The minimum absolute atomic E-state index is 0.0268. The monoisotopic (exact) mass is 394 g/mol. The Balaban J connectivity index is 1.82. The first-order valence-electron chi connectivity index (χ1n) is 8.37. The number of aliphatic carboxylic acids is 1. The van der Waals surface area contributed by atoms with Gasteiger partial charge in [-0.1, -0.05) is 29.8 Å². The predicted octanol–water partition coefficient (Wildman–Crippen LogP) is 3.56. The summed E-state index contributed by atoms with van der Waals surface area (Å²) in [5, 5.41) is 12.0. The molecular formula is C18H19ClN2O4S. The molecule has 8 heteroatoms. The van der Waals surface area contributed by atoms with Gasteiger partial charge in [0, 0.05) is 36.7 Å². The highest BCUT2D eigenvalue weighted by Crippen LogP contribution is 2.30. The van der Waals surface area contributed by atoms with Gasteiger partial charge in [-0.15, -0.1) is 11.3 Å². The fourth-order valence-corrected chi connectivity index (χ4v) is 4.05. The van der Waals surface area contributed by atoms with E-state index in [-0.39, 0.29) is 24.9 Å². The number of rotatable bonds is 6. The normalized spacial score (nSPS) is 15.0. The minimum Gasteiger partial charge on any atom is -0.481 e. The summed E-state index contributed by atoms with van der Waals surface area (Å²) in [6.07, 6.45) is 1.31. The molecule has 3 rings (SSSR count). The number of carboxylic acid groups (broad SMARTS) is 1. The number of ether oxygens (including phenoxy) is 1. The molecule has 0 saturated carbocycles. The fourth-order valence-electron chi connectivity index (χ4n) is 2.94. The average molecular weight is 395 g/mol. The van der Waals surface area contributed by atoms with Crippen LogP contribution in [0.4, 0.5) is 0 Å². The molecule has 0 radical (unpaired) electrons. The van der Waals surface area contributed by atoms with Crippen LogP contribution in [0.1, 0.15) is 29.8 Å². The van der Waals surface area contributed by atoms with Crippen LogP contribution in [-0.4, -0.2) is 52.7 Å². The second-order valence-electron chi connectivity index (χ2n) is 6.00. The van der Waals surface area contributed by atoms with Crippen molar-refractivity contribution in [3.8, 4) is 10.6 Å². The van der Waals surface area contributed by atoms with Crippen LogP contribution < -0.4 is 0 Å². The van der Waals surface area contributed by atoms with E-state index in [9.17, 15) is 9.59 Å². The Bertz CT molecular complexity index is 789. The number of halogens is 1. The van der Waals surface area contributed by atoms with Gasteiger partial charge in [0.2, 0.25) is 0 Å². The van der Waals surface area contributed by atoms with Gasteiger partial charge in [-0.2, -0.15) is 0 Å². The van der Waals surface area contributed by atoms with E-state index >= 15 is 0 Å². The number of carbonyl (C=O) groups is 2. The fraction of sp³-hybridized carbons (Fsp3) is 0.389. The van der Waals surface area contributed by atoms with Crippen molar-refractivity contribution in [3.63, 3.8) is 0 Å². The van der Waals surface area contributed by atoms with Gasteiger partial charge in [0.05, 0.1) is 11.4 Å². The van der Waals surface area contributed by atoms with Crippen LogP contribution in [0.25, 0.3) is 10.6 Å². The molecule has 138 valence electrons. The van der Waals surface area contributed by atoms with Crippen LogP contribution in [0.2, 0.25) is 5.02 Å². The van der Waals surface area contributed by atoms with Crippen LogP contribution >= 0.6 is 22.9 Å². The maximum Gasteiger partial charge on any atom is 0.305 e. The van der Waals surface area contributed by atoms with Crippen LogP contribution in [-0.2, 0) is 9.53 Å². The quantitative estimate of drug-likeness (QED) is 0.810. The lowest BCUT2D eigenvalue weighted by atomic mass is 10.1. The first kappa shape index (κ1) is 18.8. The van der Waals surface area contributed by atoms with Gasteiger partial charge in [-0.25, -0.2) is 4.98 Å². The number of carbonyl (C=O) groups excluding carboxylic acids is 1. The molecule has 1 fully saturated rings. The van der Waals surface area contributed by atoms with E-state index in [1.807, 2.05) is 18.2 Å². The molecule has 0 bridgehead atoms. The van der Waals surface area contributed by atoms with Crippen LogP contribution in [0.15, 0.2) is 29.6 Å². The summed E-state index contributed by atoms with van der Waals surface area (Å²) in [6.45, 7) is 1.31. The van der Waals surface area contributed by atoms with Crippen molar-refractivity contribution in [2.24, 2.45) is 0 Å². The third-order valence-corrected chi connectivity index (χ3v) is 5.49. The molecule has 1 aliphatic heterocycles. The summed E-state index contributed by atoms with van der Waals surface area (Å²) in [4.78, 5) is 30.0. The number of aromatic nitrogens is 1. The van der Waals surface area contributed by atoms with Gasteiger partial charge in [0.1, 0.15) is 10.7 Å². The number of hydrogen-bond donors (Lipinski definition) is 1. The van der Waals surface area contributed by atoms with Crippen molar-refractivity contribution in [2.45, 2.75) is 25.3 Å². The maximum absolute atomic E-state index is 13.0. The summed E-state index contributed by atoms with van der Waals surface area (Å²) < 4.78 is 5.35. The SMILES string of the molecule is O=C(O)CCN(C(=O)c1csc(-c2ccccc2Cl)n1)C1CCOCC1. The topological polar surface area (TPSA) is 79.7 Å². The molecule has 2 aromatic rings. The van der Waals surface area contributed by atoms with Crippen molar-refractivity contribution in [2.75, 3.05) is 19.8 Å². The Morgan fingerprint density at radius 2 is 2.04 bits per heavy atom. The first-order valence-corrected chi connectivity index (χ1v) is 9.63. The average Bonchev–Trinajstić information content (AvgIpc) is 3.12. The van der Waals surface area contributed by atoms with E-state index in [0.29, 0.717) is 41.8 Å². The lowest BCUT2D eigenvalue weighted by Crippen LogP contribution is -2.44. The summed E-state index contributed by atoms with van der Waals surface area (Å²) >= 11 is 7.56. The van der Waals surface area contributed by atoms with Crippen LogP contribution in [0.3, 0.4) is 0 Å². The molecule has 1 saturated heterocycles. The Kier molecular flexibility index (Phi) is 6.24. The Morgan fingerprint density at radius 1 is 1.31 bits per heavy atom. The van der Waals surface area contributed by atoms with E-state index in [1.54, 1.807) is 16.3 Å². The van der Waals surface area contributed by atoms with Crippen LogP contribution in [0, 0.1) is 0 Å². The van der Waals surface area contributed by atoms with Crippen molar-refractivity contribution in [3.05, 3.63) is 40.4 Å². The second-order valence-corrected chi connectivity index (χ2v) is 7.27. The minimum atomic E-state index is -0.926. The summed E-state index contributed by atoms with van der Waals surface area (Å²) in [6, 6.07) is 7.31. The maximum atomic E-state index is 13.0. The standard InChI is InChI=1S/C18H19ClN2O4S/c19-14-4-2-1-3-13(14)17-20-15(11-26-17)18(24)21(8-5-16(22)23)12-6-9-25-10-7-12/h1-4,11-12H,5-10H2,(H,22,23). The van der Waals surface area contributed by atoms with Gasteiger partial charge in [-0.05, 0) is 18.9 Å². The number of amides is 1. The zero-order valence-electron chi connectivity index (χ0n) is 14.1. The third-order valence-electron chi connectivity index (χ3n) is 4.29. The summed E-state index contributed by atoms with van der Waals surface area (Å²) in [5.74, 6) is -1.17. The van der Waals surface area contributed by atoms with E-state index in [4.69, 9.17) is 21.4 Å². The van der Waals surface area contributed by atoms with Gasteiger partial charge in [-0.3, -0.25) is 9.59 Å². The highest BCUT2D eigenvalue weighted by Gasteiger charge is 2.28. The summed E-state index contributed by atoms with van der Waals surface area (Å²) in [7, 11) is 0. The molecule has 1 aromatic carbocycles. The zero-order valence-corrected chi connectivity index (χ0v) is 15.6. The molecule has 0 unspecified atom stereocenters. The number of nitrogens with zero attached hydrogens (tertiary/aromatic N) is 2. The van der Waals surface area contributed by atoms with Gasteiger partial charge in [0.25, 0.3) is 5.91 Å². The second kappa shape index (κ2) is 8.62. The van der Waals surface area contributed by atoms with Gasteiger partial charge in [0.15, 0.2) is 0 Å². The Labute approximate surface area is 160 Å². The highest BCUT2D eigenvalue weighted by molar-refractivity contribution is 7.13. The molecule has 1 aliphatic rings. The molecule has 2 heterocycles. The lowest BCUT2D eigenvalue weighted by molar-refractivity contribution is -0.137. The lowest BCUT2D eigenvalue weighted by Gasteiger charge is -2.33. The first-order chi connectivity index (χ1) is 12.6. The van der Waals surface area contributed by atoms with Gasteiger partial charge < -0.3 is 14.7 Å². The largest absolute Gasteiger partial charge is 0.481 e. The van der Waals surface area contributed by atoms with Crippen molar-refractivity contribution >= 4 is 34.8 Å². The smallest absolute Gasteiger partial charge is 0.305 e. The number of carboxylic acids is 1. The molecule has 1 N–H and O–H groups in total. The van der Waals surface area contributed by atoms with E-state index in [1.165, 1.54) is 11.3 Å². The van der Waals surface area contributed by atoms with Crippen molar-refractivity contribution < 1.29 is 19.4 Å².